The summed E-state index contributed by atoms with van der Waals surface area (Å²) < 4.78 is 10.8. The Morgan fingerprint density at radius 3 is 2.56 bits per heavy atom. The van der Waals surface area contributed by atoms with Gasteiger partial charge in [0.05, 0.1) is 35.1 Å². The Morgan fingerprint density at radius 1 is 1.05 bits per heavy atom. The number of ether oxygens (including phenoxy) is 2. The van der Waals surface area contributed by atoms with E-state index in [4.69, 9.17) is 14.5 Å². The number of rotatable bonds is 6. The summed E-state index contributed by atoms with van der Waals surface area (Å²) in [6.45, 7) is 1.67. The van der Waals surface area contributed by atoms with E-state index in [1.54, 1.807) is 31.4 Å². The molecular formula is C32H27N3O4. The van der Waals surface area contributed by atoms with E-state index in [0.717, 1.165) is 34.6 Å². The van der Waals surface area contributed by atoms with E-state index in [0.29, 0.717) is 34.1 Å². The number of nitrogens with zero attached hydrogens (tertiary/aromatic N) is 2. The first-order valence-corrected chi connectivity index (χ1v) is 12.7. The third-order valence-electron chi connectivity index (χ3n) is 6.74. The molecule has 194 valence electrons. The highest BCUT2D eigenvalue weighted by atomic mass is 16.5. The number of anilines is 1. The Kier molecular flexibility index (Phi) is 7.37. The minimum absolute atomic E-state index is 0.280. The number of methoxy groups -OCH3 is 1. The molecule has 1 aromatic heterocycles. The normalized spacial score (nSPS) is 15.3. The van der Waals surface area contributed by atoms with Gasteiger partial charge in [0.1, 0.15) is 11.8 Å². The van der Waals surface area contributed by atoms with E-state index in [9.17, 15) is 14.9 Å². The minimum atomic E-state index is -0.577. The molecule has 1 N–H and O–H groups in total. The Bertz CT molecular complexity index is 1630. The number of nitriles is 1. The molecule has 1 aliphatic carbocycles. The molecular weight excluding hydrogens is 490 g/mol. The third-order valence-corrected chi connectivity index (χ3v) is 6.74. The Hall–Kier alpha value is -4.96. The summed E-state index contributed by atoms with van der Waals surface area (Å²) in [6.07, 6.45) is 3.59. The molecule has 0 aliphatic heterocycles. The van der Waals surface area contributed by atoms with Gasteiger partial charge in [-0.2, -0.15) is 5.26 Å². The van der Waals surface area contributed by atoms with Crippen LogP contribution in [0.5, 0.6) is 5.75 Å². The SMILES string of the molecule is COc1ccc(/C=C2/C[C@H](C)Cc3c2nc2ccccc2c3C(=O)OCC(=O)Nc2ccccc2C#N)cc1. The number of para-hydroxylation sites is 2. The van der Waals surface area contributed by atoms with Crippen molar-refractivity contribution in [1.29, 1.82) is 5.26 Å². The van der Waals surface area contributed by atoms with Gasteiger partial charge in [0, 0.05) is 5.39 Å². The van der Waals surface area contributed by atoms with Crippen molar-refractivity contribution in [2.75, 3.05) is 19.0 Å². The van der Waals surface area contributed by atoms with Crippen LogP contribution in [-0.2, 0) is 16.0 Å². The van der Waals surface area contributed by atoms with Gasteiger partial charge in [0.15, 0.2) is 6.61 Å². The second kappa shape index (κ2) is 11.2. The summed E-state index contributed by atoms with van der Waals surface area (Å²) in [5, 5.41) is 12.6. The summed E-state index contributed by atoms with van der Waals surface area (Å²) in [5.74, 6) is -0.0376. The molecule has 39 heavy (non-hydrogen) atoms. The van der Waals surface area contributed by atoms with Crippen LogP contribution >= 0.6 is 0 Å². The highest BCUT2D eigenvalue weighted by molar-refractivity contribution is 6.07. The van der Waals surface area contributed by atoms with Crippen molar-refractivity contribution in [3.05, 3.63) is 101 Å². The molecule has 0 saturated carbocycles. The maximum absolute atomic E-state index is 13.5. The number of benzene rings is 3. The fourth-order valence-electron chi connectivity index (χ4n) is 4.95. The van der Waals surface area contributed by atoms with E-state index < -0.39 is 18.5 Å². The number of amides is 1. The van der Waals surface area contributed by atoms with Crippen LogP contribution < -0.4 is 10.1 Å². The molecule has 5 rings (SSSR count). The standard InChI is InChI=1S/C32H27N3O4/c1-20-15-23(17-21-11-13-24(38-2)14-12-21)31-26(16-20)30(25-8-4-6-10-28(25)35-31)32(37)39-19-29(36)34-27-9-5-3-7-22(27)18-33/h3-14,17,20H,15-16,19H2,1-2H3,(H,34,36)/b23-17-/t20-/m0/s1. The highest BCUT2D eigenvalue weighted by Gasteiger charge is 2.29. The minimum Gasteiger partial charge on any atom is -0.497 e. The third kappa shape index (κ3) is 5.51. The van der Waals surface area contributed by atoms with E-state index >= 15 is 0 Å². The van der Waals surface area contributed by atoms with Crippen molar-refractivity contribution >= 4 is 40.1 Å². The number of hydrogen-bond donors (Lipinski definition) is 1. The average molecular weight is 518 g/mol. The number of fused-ring (bicyclic) bond motifs is 2. The van der Waals surface area contributed by atoms with Crippen LogP contribution in [0.1, 0.15) is 46.1 Å². The van der Waals surface area contributed by atoms with Gasteiger partial charge in [-0.3, -0.25) is 4.79 Å². The zero-order valence-electron chi connectivity index (χ0n) is 21.7. The quantitative estimate of drug-likeness (QED) is 0.313. The number of esters is 1. The molecule has 1 atom stereocenters. The molecule has 0 bridgehead atoms. The number of hydrogen-bond acceptors (Lipinski definition) is 6. The van der Waals surface area contributed by atoms with Crippen LogP contribution in [0.15, 0.2) is 72.8 Å². The first-order valence-electron chi connectivity index (χ1n) is 12.7. The van der Waals surface area contributed by atoms with Gasteiger partial charge >= 0.3 is 5.97 Å². The van der Waals surface area contributed by atoms with Crippen LogP contribution in [0, 0.1) is 17.2 Å². The molecule has 0 unspecified atom stereocenters. The number of nitrogens with one attached hydrogen (secondary N) is 1. The number of carbonyl (C=O) groups excluding carboxylic acids is 2. The van der Waals surface area contributed by atoms with Gasteiger partial charge in [0.2, 0.25) is 0 Å². The van der Waals surface area contributed by atoms with Crippen LogP contribution in [0.3, 0.4) is 0 Å². The lowest BCUT2D eigenvalue weighted by Crippen LogP contribution is -2.23. The lowest BCUT2D eigenvalue weighted by Gasteiger charge is -2.26. The van der Waals surface area contributed by atoms with Gasteiger partial charge in [-0.1, -0.05) is 49.4 Å². The molecule has 0 spiro atoms. The van der Waals surface area contributed by atoms with E-state index in [2.05, 4.69) is 18.3 Å². The largest absolute Gasteiger partial charge is 0.497 e. The monoisotopic (exact) mass is 517 g/mol. The molecule has 1 heterocycles. The number of aromatic nitrogens is 1. The van der Waals surface area contributed by atoms with Gasteiger partial charge in [-0.15, -0.1) is 0 Å². The summed E-state index contributed by atoms with van der Waals surface area (Å²) in [4.78, 5) is 31.1. The molecule has 0 radical (unpaired) electrons. The predicted molar refractivity (Wildman–Crippen MR) is 150 cm³/mol. The zero-order chi connectivity index (χ0) is 27.4. The van der Waals surface area contributed by atoms with Crippen molar-refractivity contribution in [3.8, 4) is 11.8 Å². The van der Waals surface area contributed by atoms with Crippen molar-refractivity contribution < 1.29 is 19.1 Å². The van der Waals surface area contributed by atoms with Gasteiger partial charge in [-0.05, 0) is 71.9 Å². The highest BCUT2D eigenvalue weighted by Crippen LogP contribution is 2.39. The summed E-state index contributed by atoms with van der Waals surface area (Å²) in [6, 6.07) is 24.0. The molecule has 4 aromatic rings. The zero-order valence-corrected chi connectivity index (χ0v) is 21.7. The molecule has 1 amide bonds. The van der Waals surface area contributed by atoms with Crippen LogP contribution in [0.4, 0.5) is 5.69 Å². The first-order chi connectivity index (χ1) is 19.0. The Labute approximate surface area is 226 Å². The molecule has 7 nitrogen and oxygen atoms in total. The summed E-state index contributed by atoms with van der Waals surface area (Å²) in [5.41, 5.74) is 5.48. The Morgan fingerprint density at radius 2 is 1.79 bits per heavy atom. The van der Waals surface area contributed by atoms with E-state index in [1.807, 2.05) is 54.6 Å². The predicted octanol–water partition coefficient (Wildman–Crippen LogP) is 6.03. The maximum Gasteiger partial charge on any atom is 0.339 e. The van der Waals surface area contributed by atoms with E-state index in [1.165, 1.54) is 0 Å². The van der Waals surface area contributed by atoms with Crippen LogP contribution in [-0.4, -0.2) is 30.6 Å². The van der Waals surface area contributed by atoms with Crippen molar-refractivity contribution in [1.82, 2.24) is 4.98 Å². The molecule has 0 fully saturated rings. The smallest absolute Gasteiger partial charge is 0.339 e. The molecule has 1 aliphatic rings. The van der Waals surface area contributed by atoms with Gasteiger partial charge in [-0.25, -0.2) is 9.78 Å². The van der Waals surface area contributed by atoms with Crippen molar-refractivity contribution in [2.45, 2.75) is 19.8 Å². The van der Waals surface area contributed by atoms with Crippen molar-refractivity contribution in [2.24, 2.45) is 5.92 Å². The second-order valence-electron chi connectivity index (χ2n) is 9.57. The Balaban J connectivity index is 1.48. The molecule has 7 heteroatoms. The number of allylic oxidation sites excluding steroid dienone is 1. The maximum atomic E-state index is 13.5. The van der Waals surface area contributed by atoms with Gasteiger partial charge < -0.3 is 14.8 Å². The fraction of sp³-hybridized carbons (Fsp3) is 0.188. The second-order valence-corrected chi connectivity index (χ2v) is 9.57. The van der Waals surface area contributed by atoms with E-state index in [-0.39, 0.29) is 5.92 Å². The lowest BCUT2D eigenvalue weighted by molar-refractivity contribution is -0.119. The summed E-state index contributed by atoms with van der Waals surface area (Å²) >= 11 is 0. The average Bonchev–Trinajstić information content (AvgIpc) is 2.95. The molecule has 3 aromatic carbocycles. The van der Waals surface area contributed by atoms with Crippen molar-refractivity contribution in [3.63, 3.8) is 0 Å². The number of pyridine rings is 1. The lowest BCUT2D eigenvalue weighted by atomic mass is 9.80. The van der Waals surface area contributed by atoms with Crippen LogP contribution in [0.25, 0.3) is 22.6 Å². The topological polar surface area (TPSA) is 101 Å². The first kappa shape index (κ1) is 25.7. The number of carbonyl (C=O) groups is 2. The fourth-order valence-corrected chi connectivity index (χ4v) is 4.95. The van der Waals surface area contributed by atoms with Crippen LogP contribution in [0.2, 0.25) is 0 Å². The van der Waals surface area contributed by atoms with Gasteiger partial charge in [0.25, 0.3) is 5.91 Å². The summed E-state index contributed by atoms with van der Waals surface area (Å²) in [7, 11) is 1.64. The molecule has 0 saturated heterocycles.